The van der Waals surface area contributed by atoms with Crippen LogP contribution >= 0.6 is 0 Å². The second-order valence-electron chi connectivity index (χ2n) is 6.16. The Morgan fingerprint density at radius 2 is 2.21 bits per heavy atom. The Morgan fingerprint density at radius 1 is 1.42 bits per heavy atom. The summed E-state index contributed by atoms with van der Waals surface area (Å²) >= 11 is 0. The number of rotatable bonds is 5. The molecule has 0 saturated carbocycles. The smallest absolute Gasteiger partial charge is 0.332 e. The minimum absolute atomic E-state index is 0.0237. The maximum absolute atomic E-state index is 13.1. The van der Waals surface area contributed by atoms with Crippen molar-refractivity contribution in [3.8, 4) is 0 Å². The van der Waals surface area contributed by atoms with Crippen LogP contribution in [0.25, 0.3) is 11.0 Å². The van der Waals surface area contributed by atoms with E-state index in [4.69, 9.17) is 9.15 Å². The summed E-state index contributed by atoms with van der Waals surface area (Å²) in [5.41, 5.74) is 0.824. The summed E-state index contributed by atoms with van der Waals surface area (Å²) in [6.07, 6.45) is 3.29. The molecule has 1 N–H and O–H groups in total. The van der Waals surface area contributed by atoms with Crippen molar-refractivity contribution in [3.05, 3.63) is 35.6 Å². The van der Waals surface area contributed by atoms with Gasteiger partial charge in [-0.15, -0.1) is 0 Å². The molecule has 2 aromatic rings. The Morgan fingerprint density at radius 3 is 2.88 bits per heavy atom. The fourth-order valence-corrected chi connectivity index (χ4v) is 3.45. The summed E-state index contributed by atoms with van der Waals surface area (Å²) < 4.78 is 10.6. The highest BCUT2D eigenvalue weighted by Gasteiger charge is 2.50. The van der Waals surface area contributed by atoms with Crippen molar-refractivity contribution in [1.29, 1.82) is 0 Å². The number of hydrogen-bond donors (Lipinski definition) is 1. The Hall–Kier alpha value is -2.34. The first-order valence-electron chi connectivity index (χ1n) is 8.08. The molecule has 1 aromatic carbocycles. The Labute approximate surface area is 140 Å². The van der Waals surface area contributed by atoms with Crippen molar-refractivity contribution in [1.82, 2.24) is 4.90 Å². The van der Waals surface area contributed by atoms with Crippen molar-refractivity contribution < 1.29 is 23.8 Å². The average Bonchev–Trinajstić information content (AvgIpc) is 3.18. The summed E-state index contributed by atoms with van der Waals surface area (Å²) in [5.74, 6) is -1.35. The summed E-state index contributed by atoms with van der Waals surface area (Å²) in [6.45, 7) is 2.41. The maximum atomic E-state index is 13.1. The number of carbonyl (C=O) groups excluding carboxylic acids is 1. The van der Waals surface area contributed by atoms with Gasteiger partial charge in [0.2, 0.25) is 0 Å². The number of hydrogen-bond acceptors (Lipinski definition) is 4. The Kier molecular flexibility index (Phi) is 4.32. The predicted octanol–water partition coefficient (Wildman–Crippen LogP) is 2.70. The van der Waals surface area contributed by atoms with Gasteiger partial charge in [0.1, 0.15) is 11.8 Å². The van der Waals surface area contributed by atoms with E-state index in [9.17, 15) is 14.7 Å². The molecular weight excluding hydrogens is 310 g/mol. The first-order chi connectivity index (χ1) is 11.5. The van der Waals surface area contributed by atoms with E-state index >= 15 is 0 Å². The number of carbonyl (C=O) groups is 2. The SMILES string of the molecule is CCc1ccc2occ(C(=O)N3CCCC3(COC)C(=O)O)c2c1. The molecule has 1 unspecified atom stereocenters. The van der Waals surface area contributed by atoms with E-state index in [2.05, 4.69) is 0 Å². The highest BCUT2D eigenvalue weighted by atomic mass is 16.5. The number of nitrogens with zero attached hydrogens (tertiary/aromatic N) is 1. The predicted molar refractivity (Wildman–Crippen MR) is 88.1 cm³/mol. The molecule has 0 bridgehead atoms. The van der Waals surface area contributed by atoms with Crippen LogP contribution in [0, 0.1) is 0 Å². The van der Waals surface area contributed by atoms with Crippen molar-refractivity contribution in [2.24, 2.45) is 0 Å². The van der Waals surface area contributed by atoms with Crippen LogP contribution in [-0.2, 0) is 16.0 Å². The molecule has 0 spiro atoms. The van der Waals surface area contributed by atoms with Gasteiger partial charge in [-0.3, -0.25) is 4.79 Å². The summed E-state index contributed by atoms with van der Waals surface area (Å²) in [5, 5.41) is 10.4. The van der Waals surface area contributed by atoms with E-state index in [1.165, 1.54) is 18.3 Å². The Balaban J connectivity index is 2.03. The lowest BCUT2D eigenvalue weighted by Crippen LogP contribution is -2.56. The molecule has 1 saturated heterocycles. The number of ether oxygens (including phenoxy) is 1. The quantitative estimate of drug-likeness (QED) is 0.911. The fraction of sp³-hybridized carbons (Fsp3) is 0.444. The van der Waals surface area contributed by atoms with Gasteiger partial charge >= 0.3 is 5.97 Å². The van der Waals surface area contributed by atoms with Gasteiger partial charge in [-0.2, -0.15) is 0 Å². The zero-order valence-corrected chi connectivity index (χ0v) is 13.9. The number of furan rings is 1. The lowest BCUT2D eigenvalue weighted by Gasteiger charge is -2.33. The van der Waals surface area contributed by atoms with Crippen LogP contribution in [0.15, 0.2) is 28.9 Å². The number of benzene rings is 1. The first kappa shape index (κ1) is 16.5. The second-order valence-corrected chi connectivity index (χ2v) is 6.16. The number of methoxy groups -OCH3 is 1. The van der Waals surface area contributed by atoms with Crippen molar-refractivity contribution >= 4 is 22.8 Å². The molecule has 24 heavy (non-hydrogen) atoms. The zero-order chi connectivity index (χ0) is 17.3. The summed E-state index contributed by atoms with van der Waals surface area (Å²) in [7, 11) is 1.45. The van der Waals surface area contributed by atoms with Crippen LogP contribution < -0.4 is 0 Å². The van der Waals surface area contributed by atoms with E-state index in [1.807, 2.05) is 25.1 Å². The topological polar surface area (TPSA) is 80.0 Å². The molecule has 0 radical (unpaired) electrons. The van der Waals surface area contributed by atoms with E-state index in [1.54, 1.807) is 0 Å². The van der Waals surface area contributed by atoms with Gasteiger partial charge in [0, 0.05) is 19.0 Å². The average molecular weight is 331 g/mol. The molecule has 1 aliphatic rings. The molecule has 6 nitrogen and oxygen atoms in total. The van der Waals surface area contributed by atoms with Gasteiger partial charge in [0.05, 0.1) is 12.2 Å². The third-order valence-corrected chi connectivity index (χ3v) is 4.79. The third kappa shape index (κ3) is 2.47. The van der Waals surface area contributed by atoms with Crippen molar-refractivity contribution in [2.75, 3.05) is 20.3 Å². The molecule has 1 aliphatic heterocycles. The fourth-order valence-electron chi connectivity index (χ4n) is 3.45. The maximum Gasteiger partial charge on any atom is 0.332 e. The van der Waals surface area contributed by atoms with Gasteiger partial charge < -0.3 is 19.2 Å². The van der Waals surface area contributed by atoms with Gasteiger partial charge in [-0.1, -0.05) is 13.0 Å². The highest BCUT2D eigenvalue weighted by Crippen LogP contribution is 2.33. The molecule has 3 rings (SSSR count). The van der Waals surface area contributed by atoms with Crippen molar-refractivity contribution in [3.63, 3.8) is 0 Å². The standard InChI is InChI=1S/C18H21NO5/c1-3-12-5-6-15-13(9-12)14(10-24-15)16(20)19-8-4-7-18(19,11-23-2)17(21)22/h5-6,9-10H,3-4,7-8,11H2,1-2H3,(H,21,22). The normalized spacial score (nSPS) is 20.7. The lowest BCUT2D eigenvalue weighted by atomic mass is 9.96. The van der Waals surface area contributed by atoms with E-state index in [0.717, 1.165) is 17.4 Å². The molecule has 0 aliphatic carbocycles. The van der Waals surface area contributed by atoms with Gasteiger partial charge in [-0.05, 0) is 37.0 Å². The Bertz CT molecular complexity index is 781. The van der Waals surface area contributed by atoms with Crippen LogP contribution in [0.1, 0.15) is 35.7 Å². The highest BCUT2D eigenvalue weighted by molar-refractivity contribution is 6.07. The molecule has 128 valence electrons. The van der Waals surface area contributed by atoms with Crippen LogP contribution in [0.4, 0.5) is 0 Å². The minimum Gasteiger partial charge on any atom is -0.479 e. The molecule has 1 amide bonds. The third-order valence-electron chi connectivity index (χ3n) is 4.79. The van der Waals surface area contributed by atoms with E-state index in [0.29, 0.717) is 30.5 Å². The lowest BCUT2D eigenvalue weighted by molar-refractivity contribution is -0.151. The molecule has 1 aromatic heterocycles. The van der Waals surface area contributed by atoms with Gasteiger partial charge in [0.15, 0.2) is 5.54 Å². The summed E-state index contributed by atoms with van der Waals surface area (Å²) in [4.78, 5) is 26.3. The number of fused-ring (bicyclic) bond motifs is 1. The number of carboxylic acids is 1. The van der Waals surface area contributed by atoms with E-state index < -0.39 is 11.5 Å². The van der Waals surface area contributed by atoms with Crippen LogP contribution in [0.2, 0.25) is 0 Å². The van der Waals surface area contributed by atoms with Crippen LogP contribution in [-0.4, -0.2) is 47.7 Å². The molecule has 1 atom stereocenters. The van der Waals surface area contributed by atoms with Crippen LogP contribution in [0.5, 0.6) is 0 Å². The minimum atomic E-state index is -1.31. The zero-order valence-electron chi connectivity index (χ0n) is 13.9. The summed E-state index contributed by atoms with van der Waals surface area (Å²) in [6, 6.07) is 5.73. The van der Waals surface area contributed by atoms with Gasteiger partial charge in [-0.25, -0.2) is 4.79 Å². The number of aliphatic carboxylic acids is 1. The molecule has 1 fully saturated rings. The van der Waals surface area contributed by atoms with Crippen LogP contribution in [0.3, 0.4) is 0 Å². The number of aryl methyl sites for hydroxylation is 1. The number of amides is 1. The first-order valence-corrected chi connectivity index (χ1v) is 8.08. The second kappa shape index (κ2) is 6.28. The number of likely N-dealkylation sites (tertiary alicyclic amines) is 1. The monoisotopic (exact) mass is 331 g/mol. The molecule has 2 heterocycles. The van der Waals surface area contributed by atoms with Gasteiger partial charge in [0.25, 0.3) is 5.91 Å². The number of carboxylic acid groups (broad SMARTS) is 1. The molecule has 6 heteroatoms. The molecular formula is C18H21NO5. The largest absolute Gasteiger partial charge is 0.479 e. The van der Waals surface area contributed by atoms with E-state index in [-0.39, 0.29) is 12.5 Å². The van der Waals surface area contributed by atoms with Crippen molar-refractivity contribution in [2.45, 2.75) is 31.7 Å².